The van der Waals surface area contributed by atoms with E-state index in [4.69, 9.17) is 5.26 Å². The Bertz CT molecular complexity index is 763. The van der Waals surface area contributed by atoms with Crippen molar-refractivity contribution in [1.29, 1.82) is 5.26 Å². The van der Waals surface area contributed by atoms with Gasteiger partial charge in [0, 0.05) is 11.6 Å². The van der Waals surface area contributed by atoms with Crippen LogP contribution in [0.2, 0.25) is 0 Å². The minimum absolute atomic E-state index is 0.132. The van der Waals surface area contributed by atoms with E-state index in [1.165, 1.54) is 24.3 Å². The standard InChI is InChI=1S/C15H11N3O3/c1-10-5-6-14(18(20)21)13(7-10)17-15(19)12-4-2-3-11(8-12)9-16/h2-8H,1H3,(H,17,19). The van der Waals surface area contributed by atoms with Gasteiger partial charge >= 0.3 is 0 Å². The maximum atomic E-state index is 12.1. The van der Waals surface area contributed by atoms with Crippen molar-refractivity contribution in [1.82, 2.24) is 0 Å². The zero-order valence-electron chi connectivity index (χ0n) is 11.2. The molecule has 2 aromatic rings. The Morgan fingerprint density at radius 2 is 2.05 bits per heavy atom. The highest BCUT2D eigenvalue weighted by Gasteiger charge is 2.16. The molecular weight excluding hydrogens is 270 g/mol. The maximum absolute atomic E-state index is 12.1. The lowest BCUT2D eigenvalue weighted by atomic mass is 10.1. The molecule has 0 unspecified atom stereocenters. The summed E-state index contributed by atoms with van der Waals surface area (Å²) in [7, 11) is 0. The third kappa shape index (κ3) is 3.22. The Morgan fingerprint density at radius 1 is 1.29 bits per heavy atom. The Labute approximate surface area is 120 Å². The molecular formula is C15H11N3O3. The molecule has 104 valence electrons. The van der Waals surface area contributed by atoms with Crippen LogP contribution in [-0.2, 0) is 0 Å². The fourth-order valence-electron chi connectivity index (χ4n) is 1.83. The van der Waals surface area contributed by atoms with Crippen molar-refractivity contribution in [3.05, 3.63) is 69.3 Å². The van der Waals surface area contributed by atoms with Crippen molar-refractivity contribution in [3.8, 4) is 6.07 Å². The largest absolute Gasteiger partial charge is 0.316 e. The van der Waals surface area contributed by atoms with Crippen molar-refractivity contribution in [2.75, 3.05) is 5.32 Å². The molecule has 2 aromatic carbocycles. The number of aryl methyl sites for hydroxylation is 1. The topological polar surface area (TPSA) is 96.0 Å². The van der Waals surface area contributed by atoms with Crippen molar-refractivity contribution >= 4 is 17.3 Å². The molecule has 0 fully saturated rings. The van der Waals surface area contributed by atoms with E-state index in [-0.39, 0.29) is 16.9 Å². The van der Waals surface area contributed by atoms with Gasteiger partial charge in [-0.05, 0) is 36.8 Å². The van der Waals surface area contributed by atoms with Gasteiger partial charge in [0.15, 0.2) is 0 Å². The minimum Gasteiger partial charge on any atom is -0.316 e. The summed E-state index contributed by atoms with van der Waals surface area (Å²) >= 11 is 0. The van der Waals surface area contributed by atoms with Crippen LogP contribution in [-0.4, -0.2) is 10.8 Å². The van der Waals surface area contributed by atoms with E-state index in [0.29, 0.717) is 5.56 Å². The predicted molar refractivity (Wildman–Crippen MR) is 76.9 cm³/mol. The number of carbonyl (C=O) groups excluding carboxylic acids is 1. The highest BCUT2D eigenvalue weighted by molar-refractivity contribution is 6.05. The van der Waals surface area contributed by atoms with Crippen LogP contribution in [0.4, 0.5) is 11.4 Å². The lowest BCUT2D eigenvalue weighted by Crippen LogP contribution is -2.13. The maximum Gasteiger partial charge on any atom is 0.292 e. The van der Waals surface area contributed by atoms with Gasteiger partial charge in [0.25, 0.3) is 11.6 Å². The molecule has 1 amide bonds. The van der Waals surface area contributed by atoms with E-state index < -0.39 is 10.8 Å². The summed E-state index contributed by atoms with van der Waals surface area (Å²) in [4.78, 5) is 22.5. The molecule has 0 aliphatic rings. The average molecular weight is 281 g/mol. The van der Waals surface area contributed by atoms with Gasteiger partial charge in [-0.25, -0.2) is 0 Å². The molecule has 0 aliphatic carbocycles. The second-order valence-corrected chi connectivity index (χ2v) is 4.42. The molecule has 21 heavy (non-hydrogen) atoms. The van der Waals surface area contributed by atoms with Crippen LogP contribution >= 0.6 is 0 Å². The average Bonchev–Trinajstić information content (AvgIpc) is 2.47. The van der Waals surface area contributed by atoms with Gasteiger partial charge in [-0.15, -0.1) is 0 Å². The van der Waals surface area contributed by atoms with E-state index in [2.05, 4.69) is 5.32 Å². The summed E-state index contributed by atoms with van der Waals surface area (Å²) in [6.07, 6.45) is 0. The monoisotopic (exact) mass is 281 g/mol. The fourth-order valence-corrected chi connectivity index (χ4v) is 1.83. The van der Waals surface area contributed by atoms with Gasteiger partial charge in [-0.2, -0.15) is 5.26 Å². The van der Waals surface area contributed by atoms with Crippen molar-refractivity contribution in [3.63, 3.8) is 0 Å². The van der Waals surface area contributed by atoms with Crippen LogP contribution in [0.1, 0.15) is 21.5 Å². The number of nitro benzene ring substituents is 1. The molecule has 0 bridgehead atoms. The fraction of sp³-hybridized carbons (Fsp3) is 0.0667. The lowest BCUT2D eigenvalue weighted by molar-refractivity contribution is -0.383. The number of hydrogen-bond donors (Lipinski definition) is 1. The SMILES string of the molecule is Cc1ccc([N+](=O)[O-])c(NC(=O)c2cccc(C#N)c2)c1. The number of nitrogens with zero attached hydrogens (tertiary/aromatic N) is 2. The number of rotatable bonds is 3. The molecule has 0 saturated heterocycles. The Hall–Kier alpha value is -3.20. The number of carbonyl (C=O) groups is 1. The summed E-state index contributed by atoms with van der Waals surface area (Å²) in [5, 5.41) is 22.3. The van der Waals surface area contributed by atoms with Gasteiger partial charge in [-0.3, -0.25) is 14.9 Å². The van der Waals surface area contributed by atoms with Gasteiger partial charge < -0.3 is 5.32 Å². The van der Waals surface area contributed by atoms with E-state index in [1.807, 2.05) is 6.07 Å². The molecule has 2 rings (SSSR count). The molecule has 0 atom stereocenters. The molecule has 0 saturated carbocycles. The highest BCUT2D eigenvalue weighted by atomic mass is 16.6. The number of amides is 1. The molecule has 0 aliphatic heterocycles. The smallest absolute Gasteiger partial charge is 0.292 e. The van der Waals surface area contributed by atoms with Crippen LogP contribution in [0.5, 0.6) is 0 Å². The van der Waals surface area contributed by atoms with Gasteiger partial charge in [0.2, 0.25) is 0 Å². The molecule has 1 N–H and O–H groups in total. The molecule has 6 nitrogen and oxygen atoms in total. The molecule has 0 spiro atoms. The van der Waals surface area contributed by atoms with Crippen LogP contribution in [0.3, 0.4) is 0 Å². The van der Waals surface area contributed by atoms with Gasteiger partial charge in [0.1, 0.15) is 5.69 Å². The zero-order valence-corrected chi connectivity index (χ0v) is 11.2. The quantitative estimate of drug-likeness (QED) is 0.690. The number of anilines is 1. The number of nitriles is 1. The first kappa shape index (κ1) is 14.2. The summed E-state index contributed by atoms with van der Waals surface area (Å²) in [5.41, 5.74) is 1.37. The second-order valence-electron chi connectivity index (χ2n) is 4.42. The van der Waals surface area contributed by atoms with Crippen molar-refractivity contribution < 1.29 is 9.72 Å². The lowest BCUT2D eigenvalue weighted by Gasteiger charge is -2.07. The Balaban J connectivity index is 2.33. The van der Waals surface area contributed by atoms with E-state index in [9.17, 15) is 14.9 Å². The van der Waals surface area contributed by atoms with E-state index in [1.54, 1.807) is 25.1 Å². The normalized spacial score (nSPS) is 9.71. The number of hydrogen-bond acceptors (Lipinski definition) is 4. The summed E-state index contributed by atoms with van der Waals surface area (Å²) < 4.78 is 0. The third-order valence-electron chi connectivity index (χ3n) is 2.85. The molecule has 0 heterocycles. The summed E-state index contributed by atoms with van der Waals surface area (Å²) in [6.45, 7) is 1.77. The van der Waals surface area contributed by atoms with Crippen LogP contribution in [0.15, 0.2) is 42.5 Å². The predicted octanol–water partition coefficient (Wildman–Crippen LogP) is 3.03. The van der Waals surface area contributed by atoms with Crippen molar-refractivity contribution in [2.24, 2.45) is 0 Å². The molecule has 0 radical (unpaired) electrons. The Morgan fingerprint density at radius 3 is 2.71 bits per heavy atom. The zero-order chi connectivity index (χ0) is 15.4. The van der Waals surface area contributed by atoms with Crippen LogP contribution in [0.25, 0.3) is 0 Å². The first-order valence-electron chi connectivity index (χ1n) is 6.08. The Kier molecular flexibility index (Phi) is 3.95. The van der Waals surface area contributed by atoms with E-state index >= 15 is 0 Å². The molecule has 0 aromatic heterocycles. The van der Waals surface area contributed by atoms with Crippen LogP contribution in [0, 0.1) is 28.4 Å². The third-order valence-corrected chi connectivity index (χ3v) is 2.85. The number of benzene rings is 2. The second kappa shape index (κ2) is 5.84. The first-order valence-corrected chi connectivity index (χ1v) is 6.08. The summed E-state index contributed by atoms with van der Waals surface area (Å²) in [6, 6.07) is 12.5. The number of nitro groups is 1. The van der Waals surface area contributed by atoms with Crippen LogP contribution < -0.4 is 5.32 Å². The minimum atomic E-state index is -0.555. The first-order chi connectivity index (χ1) is 10.0. The molecule has 6 heteroatoms. The van der Waals surface area contributed by atoms with Gasteiger partial charge in [-0.1, -0.05) is 12.1 Å². The summed E-state index contributed by atoms with van der Waals surface area (Å²) in [5.74, 6) is -0.499. The van der Waals surface area contributed by atoms with E-state index in [0.717, 1.165) is 5.56 Å². The highest BCUT2D eigenvalue weighted by Crippen LogP contribution is 2.25. The number of nitrogens with one attached hydrogen (secondary N) is 1. The van der Waals surface area contributed by atoms with Gasteiger partial charge in [0.05, 0.1) is 16.6 Å². The van der Waals surface area contributed by atoms with Crippen molar-refractivity contribution in [2.45, 2.75) is 6.92 Å².